The summed E-state index contributed by atoms with van der Waals surface area (Å²) in [6.45, 7) is 4.37. The van der Waals surface area contributed by atoms with Crippen LogP contribution in [-0.4, -0.2) is 14.8 Å². The Morgan fingerprint density at radius 2 is 1.86 bits per heavy atom. The number of rotatable bonds is 2. The van der Waals surface area contributed by atoms with E-state index in [4.69, 9.17) is 0 Å². The standard InChI is InChI=1S/C11H13N3/c1-9(2)10-3-5-11(6-4-10)14-8-12-7-13-14/h3-9H,1-2H3. The first-order valence-electron chi connectivity index (χ1n) is 4.72. The molecular weight excluding hydrogens is 174 g/mol. The average Bonchev–Trinajstić information content (AvgIpc) is 2.71. The summed E-state index contributed by atoms with van der Waals surface area (Å²) in [7, 11) is 0. The van der Waals surface area contributed by atoms with Crippen LogP contribution in [-0.2, 0) is 0 Å². The third kappa shape index (κ3) is 1.66. The molecule has 14 heavy (non-hydrogen) atoms. The van der Waals surface area contributed by atoms with Gasteiger partial charge in [-0.2, -0.15) is 5.10 Å². The van der Waals surface area contributed by atoms with Crippen LogP contribution in [0, 0.1) is 0 Å². The summed E-state index contributed by atoms with van der Waals surface area (Å²) in [5.74, 6) is 0.569. The fourth-order valence-electron chi connectivity index (χ4n) is 1.35. The van der Waals surface area contributed by atoms with Crippen molar-refractivity contribution in [2.24, 2.45) is 0 Å². The molecule has 3 heteroatoms. The third-order valence-corrected chi connectivity index (χ3v) is 2.24. The molecule has 1 aromatic carbocycles. The molecule has 1 aromatic heterocycles. The van der Waals surface area contributed by atoms with Gasteiger partial charge in [0.25, 0.3) is 0 Å². The van der Waals surface area contributed by atoms with Crippen molar-refractivity contribution in [2.45, 2.75) is 19.8 Å². The maximum absolute atomic E-state index is 4.07. The molecule has 2 aromatic rings. The number of benzene rings is 1. The number of aromatic nitrogens is 3. The molecule has 0 fully saturated rings. The van der Waals surface area contributed by atoms with Crippen molar-refractivity contribution in [3.05, 3.63) is 42.5 Å². The van der Waals surface area contributed by atoms with Gasteiger partial charge in [0.2, 0.25) is 0 Å². The molecule has 0 saturated carbocycles. The van der Waals surface area contributed by atoms with Gasteiger partial charge in [0.15, 0.2) is 0 Å². The van der Waals surface area contributed by atoms with Crippen molar-refractivity contribution in [3.63, 3.8) is 0 Å². The van der Waals surface area contributed by atoms with Crippen LogP contribution in [0.5, 0.6) is 0 Å². The van der Waals surface area contributed by atoms with Crippen LogP contribution in [0.4, 0.5) is 0 Å². The quantitative estimate of drug-likeness (QED) is 0.722. The minimum absolute atomic E-state index is 0.569. The predicted octanol–water partition coefficient (Wildman–Crippen LogP) is 2.39. The number of hydrogen-bond acceptors (Lipinski definition) is 2. The predicted molar refractivity (Wildman–Crippen MR) is 55.4 cm³/mol. The summed E-state index contributed by atoms with van der Waals surface area (Å²) in [5, 5.41) is 4.07. The Labute approximate surface area is 83.4 Å². The lowest BCUT2D eigenvalue weighted by Crippen LogP contribution is -1.95. The molecule has 0 amide bonds. The van der Waals surface area contributed by atoms with Crippen molar-refractivity contribution in [1.82, 2.24) is 14.8 Å². The van der Waals surface area contributed by atoms with Gasteiger partial charge in [-0.25, -0.2) is 9.67 Å². The van der Waals surface area contributed by atoms with Crippen molar-refractivity contribution in [3.8, 4) is 5.69 Å². The normalized spacial score (nSPS) is 10.8. The van der Waals surface area contributed by atoms with Crippen LogP contribution in [0.15, 0.2) is 36.9 Å². The molecule has 0 unspecified atom stereocenters. The first kappa shape index (κ1) is 8.94. The highest BCUT2D eigenvalue weighted by Crippen LogP contribution is 2.15. The minimum atomic E-state index is 0.569. The molecule has 1 heterocycles. The molecule has 0 atom stereocenters. The van der Waals surface area contributed by atoms with E-state index in [1.54, 1.807) is 11.0 Å². The second-order valence-corrected chi connectivity index (χ2v) is 3.59. The highest BCUT2D eigenvalue weighted by Gasteiger charge is 1.99. The van der Waals surface area contributed by atoms with Crippen LogP contribution in [0.25, 0.3) is 5.69 Å². The molecule has 0 spiro atoms. The molecule has 0 radical (unpaired) electrons. The zero-order chi connectivity index (χ0) is 9.97. The van der Waals surface area contributed by atoms with Gasteiger partial charge in [-0.05, 0) is 23.6 Å². The number of hydrogen-bond donors (Lipinski definition) is 0. The Morgan fingerprint density at radius 1 is 1.14 bits per heavy atom. The van der Waals surface area contributed by atoms with E-state index in [9.17, 15) is 0 Å². The van der Waals surface area contributed by atoms with Crippen molar-refractivity contribution in [2.75, 3.05) is 0 Å². The SMILES string of the molecule is CC(C)c1ccc(-n2cncn2)cc1. The largest absolute Gasteiger partial charge is 0.223 e. The summed E-state index contributed by atoms with van der Waals surface area (Å²) in [5.41, 5.74) is 2.39. The summed E-state index contributed by atoms with van der Waals surface area (Å²) in [6, 6.07) is 8.37. The topological polar surface area (TPSA) is 30.7 Å². The lowest BCUT2D eigenvalue weighted by molar-refractivity contribution is 0.853. The van der Waals surface area contributed by atoms with Gasteiger partial charge < -0.3 is 0 Å². The highest BCUT2D eigenvalue weighted by molar-refractivity contribution is 5.34. The van der Waals surface area contributed by atoms with E-state index in [2.05, 4.69) is 48.2 Å². The maximum atomic E-state index is 4.07. The van der Waals surface area contributed by atoms with Crippen LogP contribution in [0.2, 0.25) is 0 Å². The monoisotopic (exact) mass is 187 g/mol. The van der Waals surface area contributed by atoms with E-state index in [0.29, 0.717) is 5.92 Å². The van der Waals surface area contributed by atoms with Gasteiger partial charge in [-0.3, -0.25) is 0 Å². The second kappa shape index (κ2) is 3.62. The van der Waals surface area contributed by atoms with Crippen molar-refractivity contribution < 1.29 is 0 Å². The van der Waals surface area contributed by atoms with Crippen molar-refractivity contribution >= 4 is 0 Å². The molecule has 0 bridgehead atoms. The summed E-state index contributed by atoms with van der Waals surface area (Å²) < 4.78 is 1.75. The average molecular weight is 187 g/mol. The smallest absolute Gasteiger partial charge is 0.138 e. The van der Waals surface area contributed by atoms with Crippen LogP contribution >= 0.6 is 0 Å². The Bertz CT molecular complexity index is 387. The Hall–Kier alpha value is -1.64. The molecule has 72 valence electrons. The van der Waals surface area contributed by atoms with E-state index >= 15 is 0 Å². The Kier molecular flexibility index (Phi) is 2.31. The fraction of sp³-hybridized carbons (Fsp3) is 0.273. The maximum Gasteiger partial charge on any atom is 0.138 e. The molecule has 0 aliphatic rings. The third-order valence-electron chi connectivity index (χ3n) is 2.24. The van der Waals surface area contributed by atoms with Crippen molar-refractivity contribution in [1.29, 1.82) is 0 Å². The van der Waals surface area contributed by atoms with Gasteiger partial charge in [0.1, 0.15) is 12.7 Å². The molecule has 0 aliphatic carbocycles. The first-order chi connectivity index (χ1) is 6.77. The Balaban J connectivity index is 2.31. The van der Waals surface area contributed by atoms with Crippen LogP contribution < -0.4 is 0 Å². The van der Waals surface area contributed by atoms with Gasteiger partial charge in [-0.15, -0.1) is 0 Å². The van der Waals surface area contributed by atoms with E-state index in [1.807, 2.05) is 0 Å². The van der Waals surface area contributed by atoms with Crippen LogP contribution in [0.3, 0.4) is 0 Å². The lowest BCUT2D eigenvalue weighted by Gasteiger charge is -2.06. The minimum Gasteiger partial charge on any atom is -0.223 e. The highest BCUT2D eigenvalue weighted by atomic mass is 15.3. The first-order valence-corrected chi connectivity index (χ1v) is 4.72. The van der Waals surface area contributed by atoms with Gasteiger partial charge in [0.05, 0.1) is 5.69 Å². The van der Waals surface area contributed by atoms with Gasteiger partial charge >= 0.3 is 0 Å². The van der Waals surface area contributed by atoms with E-state index in [0.717, 1.165) is 5.69 Å². The van der Waals surface area contributed by atoms with Gasteiger partial charge in [0, 0.05) is 0 Å². The molecule has 0 N–H and O–H groups in total. The van der Waals surface area contributed by atoms with E-state index < -0.39 is 0 Å². The van der Waals surface area contributed by atoms with E-state index in [1.165, 1.54) is 11.9 Å². The molecular formula is C11H13N3. The lowest BCUT2D eigenvalue weighted by atomic mass is 10.0. The summed E-state index contributed by atoms with van der Waals surface area (Å²) in [6.07, 6.45) is 3.24. The zero-order valence-electron chi connectivity index (χ0n) is 8.38. The van der Waals surface area contributed by atoms with Gasteiger partial charge in [-0.1, -0.05) is 26.0 Å². The second-order valence-electron chi connectivity index (χ2n) is 3.59. The summed E-state index contributed by atoms with van der Waals surface area (Å²) in [4.78, 5) is 3.91. The molecule has 0 aliphatic heterocycles. The van der Waals surface area contributed by atoms with E-state index in [-0.39, 0.29) is 0 Å². The molecule has 2 rings (SSSR count). The molecule has 3 nitrogen and oxygen atoms in total. The zero-order valence-corrected chi connectivity index (χ0v) is 8.38. The van der Waals surface area contributed by atoms with Crippen LogP contribution in [0.1, 0.15) is 25.3 Å². The fourth-order valence-corrected chi connectivity index (χ4v) is 1.35. The summed E-state index contributed by atoms with van der Waals surface area (Å²) >= 11 is 0. The number of nitrogens with zero attached hydrogens (tertiary/aromatic N) is 3. The molecule has 0 saturated heterocycles. The Morgan fingerprint density at radius 3 is 2.36 bits per heavy atom.